The Balaban J connectivity index is 1.67. The molecule has 2 heterocycles. The van der Waals surface area contributed by atoms with Gasteiger partial charge in [-0.05, 0) is 43.9 Å². The van der Waals surface area contributed by atoms with E-state index >= 15 is 0 Å². The number of piperidine rings is 1. The first-order chi connectivity index (χ1) is 12.1. The van der Waals surface area contributed by atoms with Gasteiger partial charge in [0.05, 0.1) is 0 Å². The van der Waals surface area contributed by atoms with Crippen LogP contribution in [0.4, 0.5) is 14.9 Å². The molecule has 7 heteroatoms. The highest BCUT2D eigenvalue weighted by atomic mass is 19.1. The molecule has 2 aromatic rings. The molecule has 2 amide bonds. The van der Waals surface area contributed by atoms with Crippen LogP contribution >= 0.6 is 0 Å². The zero-order valence-corrected chi connectivity index (χ0v) is 14.7. The van der Waals surface area contributed by atoms with Gasteiger partial charge < -0.3 is 14.8 Å². The average molecular weight is 345 g/mol. The molecule has 1 atom stereocenters. The molecule has 0 aliphatic carbocycles. The van der Waals surface area contributed by atoms with Crippen molar-refractivity contribution in [3.63, 3.8) is 0 Å². The molecule has 0 unspecified atom stereocenters. The molecule has 1 aliphatic heterocycles. The summed E-state index contributed by atoms with van der Waals surface area (Å²) in [6, 6.07) is 4.64. The lowest BCUT2D eigenvalue weighted by Crippen LogP contribution is -2.42. The predicted octanol–water partition coefficient (Wildman–Crippen LogP) is 3.41. The van der Waals surface area contributed by atoms with E-state index in [1.165, 1.54) is 6.07 Å². The fourth-order valence-electron chi connectivity index (χ4n) is 3.31. The number of carbonyl (C=O) groups is 1. The van der Waals surface area contributed by atoms with Gasteiger partial charge in [0.15, 0.2) is 0 Å². The molecule has 3 rings (SSSR count). The van der Waals surface area contributed by atoms with E-state index in [1.54, 1.807) is 23.4 Å². The second kappa shape index (κ2) is 7.63. The highest BCUT2D eigenvalue weighted by molar-refractivity contribution is 5.89. The number of likely N-dealkylation sites (tertiary alicyclic amines) is 1. The Morgan fingerprint density at radius 3 is 2.96 bits per heavy atom. The molecule has 25 heavy (non-hydrogen) atoms. The van der Waals surface area contributed by atoms with Crippen molar-refractivity contribution in [1.82, 2.24) is 19.7 Å². The van der Waals surface area contributed by atoms with E-state index in [0.717, 1.165) is 25.2 Å². The molecule has 1 N–H and O–H groups in total. The van der Waals surface area contributed by atoms with E-state index in [0.29, 0.717) is 30.8 Å². The van der Waals surface area contributed by atoms with E-state index in [9.17, 15) is 9.18 Å². The van der Waals surface area contributed by atoms with Gasteiger partial charge in [-0.15, -0.1) is 10.2 Å². The maximum absolute atomic E-state index is 13.9. The topological polar surface area (TPSA) is 63.1 Å². The lowest BCUT2D eigenvalue weighted by atomic mass is 9.97. The zero-order chi connectivity index (χ0) is 17.8. The molecular formula is C18H24FN5O. The summed E-state index contributed by atoms with van der Waals surface area (Å²) in [6.45, 7) is 6.06. The van der Waals surface area contributed by atoms with Gasteiger partial charge in [0.2, 0.25) is 0 Å². The number of aromatic nitrogens is 3. The zero-order valence-electron chi connectivity index (χ0n) is 14.7. The number of aryl methyl sites for hydroxylation is 2. The van der Waals surface area contributed by atoms with Gasteiger partial charge >= 0.3 is 6.03 Å². The second-order valence-electron chi connectivity index (χ2n) is 6.35. The molecule has 0 radical (unpaired) electrons. The molecule has 1 fully saturated rings. The summed E-state index contributed by atoms with van der Waals surface area (Å²) in [5.41, 5.74) is 1.13. The highest BCUT2D eigenvalue weighted by Crippen LogP contribution is 2.26. The normalized spacial score (nSPS) is 17.6. The van der Waals surface area contributed by atoms with Crippen LogP contribution in [-0.4, -0.2) is 38.8 Å². The van der Waals surface area contributed by atoms with Crippen molar-refractivity contribution < 1.29 is 9.18 Å². The second-order valence-corrected chi connectivity index (χ2v) is 6.35. The van der Waals surface area contributed by atoms with E-state index in [4.69, 9.17) is 0 Å². The molecule has 1 aliphatic rings. The van der Waals surface area contributed by atoms with Crippen LogP contribution in [0, 0.1) is 5.82 Å². The Bertz CT molecular complexity index is 745. The number of rotatable bonds is 4. The number of hydrogen-bond acceptors (Lipinski definition) is 3. The number of hydrogen-bond donors (Lipinski definition) is 1. The lowest BCUT2D eigenvalue weighted by Gasteiger charge is -2.32. The van der Waals surface area contributed by atoms with Gasteiger partial charge in [-0.1, -0.05) is 13.0 Å². The SMILES string of the molecule is CCc1ccc(NC(=O)N2CCC[C@H](c3nncn3CC)C2)cc1F. The Morgan fingerprint density at radius 2 is 2.24 bits per heavy atom. The molecule has 6 nitrogen and oxygen atoms in total. The van der Waals surface area contributed by atoms with E-state index in [2.05, 4.69) is 22.4 Å². The van der Waals surface area contributed by atoms with E-state index in [-0.39, 0.29) is 17.8 Å². The van der Waals surface area contributed by atoms with Gasteiger partial charge in [-0.3, -0.25) is 0 Å². The summed E-state index contributed by atoms with van der Waals surface area (Å²) in [7, 11) is 0. The highest BCUT2D eigenvalue weighted by Gasteiger charge is 2.27. The molecule has 0 bridgehead atoms. The van der Waals surface area contributed by atoms with Crippen LogP contribution in [0.3, 0.4) is 0 Å². The molecule has 1 aromatic heterocycles. The summed E-state index contributed by atoms with van der Waals surface area (Å²) in [6.07, 6.45) is 4.26. The quantitative estimate of drug-likeness (QED) is 0.923. The number of carbonyl (C=O) groups excluding carboxylic acids is 1. The fourth-order valence-corrected chi connectivity index (χ4v) is 3.31. The van der Waals surface area contributed by atoms with Crippen LogP contribution in [0.5, 0.6) is 0 Å². The van der Waals surface area contributed by atoms with Gasteiger partial charge in [0, 0.05) is 31.2 Å². The van der Waals surface area contributed by atoms with Crippen molar-refractivity contribution in [3.8, 4) is 0 Å². The third-order valence-corrected chi connectivity index (χ3v) is 4.75. The minimum Gasteiger partial charge on any atom is -0.324 e. The number of nitrogens with one attached hydrogen (secondary N) is 1. The van der Waals surface area contributed by atoms with Gasteiger partial charge in [-0.25, -0.2) is 9.18 Å². The van der Waals surface area contributed by atoms with Crippen molar-refractivity contribution in [2.75, 3.05) is 18.4 Å². The first kappa shape index (κ1) is 17.4. The van der Waals surface area contributed by atoms with Crippen molar-refractivity contribution in [2.24, 2.45) is 0 Å². The summed E-state index contributed by atoms with van der Waals surface area (Å²) in [4.78, 5) is 14.3. The first-order valence-electron chi connectivity index (χ1n) is 8.84. The minimum absolute atomic E-state index is 0.182. The first-order valence-corrected chi connectivity index (χ1v) is 8.84. The summed E-state index contributed by atoms with van der Waals surface area (Å²) in [5.74, 6) is 0.826. The number of nitrogens with zero attached hydrogens (tertiary/aromatic N) is 4. The van der Waals surface area contributed by atoms with Gasteiger partial charge in [0.1, 0.15) is 18.0 Å². The fraction of sp³-hybridized carbons (Fsp3) is 0.500. The molecule has 134 valence electrons. The standard InChI is InChI=1S/C18H24FN5O/c1-3-13-7-8-15(10-16(13)19)21-18(25)24-9-5-6-14(11-24)17-22-20-12-23(17)4-2/h7-8,10,12,14H,3-6,9,11H2,1-2H3,(H,21,25)/t14-/m0/s1. The number of halogens is 1. The van der Waals surface area contributed by atoms with E-state index < -0.39 is 0 Å². The largest absolute Gasteiger partial charge is 0.324 e. The minimum atomic E-state index is -0.284. The smallest absolute Gasteiger partial charge is 0.321 e. The van der Waals surface area contributed by atoms with Crippen molar-refractivity contribution >= 4 is 11.7 Å². The van der Waals surface area contributed by atoms with Gasteiger partial charge in [0.25, 0.3) is 0 Å². The van der Waals surface area contributed by atoms with Crippen LogP contribution in [0.15, 0.2) is 24.5 Å². The van der Waals surface area contributed by atoms with Crippen LogP contribution in [0.1, 0.15) is 44.0 Å². The Morgan fingerprint density at radius 1 is 1.40 bits per heavy atom. The summed E-state index contributed by atoms with van der Waals surface area (Å²) < 4.78 is 15.9. The third-order valence-electron chi connectivity index (χ3n) is 4.75. The lowest BCUT2D eigenvalue weighted by molar-refractivity contribution is 0.190. The van der Waals surface area contributed by atoms with E-state index in [1.807, 2.05) is 11.5 Å². The summed E-state index contributed by atoms with van der Waals surface area (Å²) >= 11 is 0. The van der Waals surface area contributed by atoms with Crippen LogP contribution in [0.2, 0.25) is 0 Å². The predicted molar refractivity (Wildman–Crippen MR) is 94.0 cm³/mol. The van der Waals surface area contributed by atoms with Gasteiger partial charge in [-0.2, -0.15) is 0 Å². The molecule has 1 aromatic carbocycles. The molecule has 0 spiro atoms. The van der Waals surface area contributed by atoms with Crippen molar-refractivity contribution in [3.05, 3.63) is 41.7 Å². The maximum atomic E-state index is 13.9. The number of anilines is 1. The monoisotopic (exact) mass is 345 g/mol. The third kappa shape index (κ3) is 3.81. The average Bonchev–Trinajstić information content (AvgIpc) is 3.11. The van der Waals surface area contributed by atoms with Crippen molar-refractivity contribution in [1.29, 1.82) is 0 Å². The van der Waals surface area contributed by atoms with Crippen LogP contribution in [0.25, 0.3) is 0 Å². The Hall–Kier alpha value is -2.44. The van der Waals surface area contributed by atoms with Crippen LogP contribution < -0.4 is 5.32 Å². The molecule has 1 saturated heterocycles. The number of benzene rings is 1. The molecular weight excluding hydrogens is 321 g/mol. The maximum Gasteiger partial charge on any atom is 0.321 e. The Kier molecular flexibility index (Phi) is 5.31. The molecule has 0 saturated carbocycles. The summed E-state index contributed by atoms with van der Waals surface area (Å²) in [5, 5.41) is 11.0. The van der Waals surface area contributed by atoms with Crippen LogP contribution in [-0.2, 0) is 13.0 Å². The number of amides is 2. The van der Waals surface area contributed by atoms with Crippen molar-refractivity contribution in [2.45, 2.75) is 45.6 Å². The Labute approximate surface area is 147 Å². The number of urea groups is 1.